The van der Waals surface area contributed by atoms with Crippen LogP contribution in [-0.4, -0.2) is 48.1 Å². The molecule has 156 valence electrons. The van der Waals surface area contributed by atoms with E-state index < -0.39 is 11.9 Å². The summed E-state index contributed by atoms with van der Waals surface area (Å²) in [6.45, 7) is 2.45. The molecule has 0 amide bonds. The third-order valence-corrected chi connectivity index (χ3v) is 6.26. The van der Waals surface area contributed by atoms with Gasteiger partial charge in [0.05, 0.1) is 0 Å². The number of rotatable bonds is 5. The fourth-order valence-electron chi connectivity index (χ4n) is 4.21. The van der Waals surface area contributed by atoms with Crippen LogP contribution in [0.25, 0.3) is 10.8 Å². The third-order valence-electron chi connectivity index (χ3n) is 5.77. The lowest BCUT2D eigenvalue weighted by Gasteiger charge is -2.38. The molecule has 1 atom stereocenters. The van der Waals surface area contributed by atoms with Crippen molar-refractivity contribution in [3.8, 4) is 17.2 Å². The average molecular weight is 470 g/mol. The Labute approximate surface area is 184 Å². The fraction of sp³-hybridized carbons (Fsp3) is 0.333. The van der Waals surface area contributed by atoms with E-state index in [4.69, 9.17) is 14.2 Å². The molecule has 3 aromatic rings. The second kappa shape index (κ2) is 8.10. The predicted octanol–water partition coefficient (Wildman–Crippen LogP) is 4.61. The Morgan fingerprint density at radius 2 is 1.77 bits per heavy atom. The van der Waals surface area contributed by atoms with Crippen LogP contribution in [0.15, 0.2) is 65.1 Å². The SMILES string of the molecule is OC(COc1cccc2ccccc12)CN1CCC2(CC1)Oc1ccc(Br)cc1O2. The van der Waals surface area contributed by atoms with Crippen molar-refractivity contribution < 1.29 is 19.3 Å². The Morgan fingerprint density at radius 3 is 2.63 bits per heavy atom. The number of likely N-dealkylation sites (tertiary alicyclic amines) is 1. The van der Waals surface area contributed by atoms with E-state index >= 15 is 0 Å². The zero-order valence-electron chi connectivity index (χ0n) is 16.6. The first-order valence-electron chi connectivity index (χ1n) is 10.3. The second-order valence-electron chi connectivity index (χ2n) is 7.95. The molecule has 2 heterocycles. The lowest BCUT2D eigenvalue weighted by molar-refractivity contribution is -0.122. The van der Waals surface area contributed by atoms with Crippen molar-refractivity contribution in [3.05, 3.63) is 65.1 Å². The quantitative estimate of drug-likeness (QED) is 0.591. The normalized spacial score (nSPS) is 18.6. The second-order valence-corrected chi connectivity index (χ2v) is 8.86. The van der Waals surface area contributed by atoms with Crippen molar-refractivity contribution in [1.29, 1.82) is 0 Å². The molecule has 6 heteroatoms. The van der Waals surface area contributed by atoms with Crippen molar-refractivity contribution in [2.24, 2.45) is 0 Å². The van der Waals surface area contributed by atoms with Gasteiger partial charge < -0.3 is 24.2 Å². The van der Waals surface area contributed by atoms with E-state index in [1.165, 1.54) is 0 Å². The fourth-order valence-corrected chi connectivity index (χ4v) is 4.55. The number of halogens is 1. The van der Waals surface area contributed by atoms with Gasteiger partial charge in [-0.05, 0) is 29.7 Å². The van der Waals surface area contributed by atoms with Crippen LogP contribution < -0.4 is 14.2 Å². The summed E-state index contributed by atoms with van der Waals surface area (Å²) in [6.07, 6.45) is 0.962. The first kappa shape index (κ1) is 19.7. The first-order valence-corrected chi connectivity index (χ1v) is 11.1. The van der Waals surface area contributed by atoms with Crippen LogP contribution in [0.3, 0.4) is 0 Å². The maximum atomic E-state index is 10.5. The number of β-amino-alcohol motifs (C(OH)–C–C–N with tert-alkyl or cyclic N) is 1. The molecule has 3 aromatic carbocycles. The van der Waals surface area contributed by atoms with Crippen LogP contribution in [0.1, 0.15) is 12.8 Å². The molecule has 1 saturated heterocycles. The molecule has 0 radical (unpaired) electrons. The monoisotopic (exact) mass is 469 g/mol. The maximum Gasteiger partial charge on any atom is 0.254 e. The van der Waals surface area contributed by atoms with Gasteiger partial charge in [-0.3, -0.25) is 0 Å². The zero-order chi connectivity index (χ0) is 20.6. The van der Waals surface area contributed by atoms with E-state index in [0.717, 1.165) is 58.4 Å². The summed E-state index contributed by atoms with van der Waals surface area (Å²) < 4.78 is 19.2. The summed E-state index contributed by atoms with van der Waals surface area (Å²) in [5.74, 6) is 1.82. The van der Waals surface area contributed by atoms with E-state index in [1.54, 1.807) is 0 Å². The Balaban J connectivity index is 1.13. The van der Waals surface area contributed by atoms with Gasteiger partial charge in [-0.1, -0.05) is 52.3 Å². The number of ether oxygens (including phenoxy) is 3. The van der Waals surface area contributed by atoms with Crippen molar-refractivity contribution in [3.63, 3.8) is 0 Å². The zero-order valence-corrected chi connectivity index (χ0v) is 18.2. The molecule has 2 aliphatic rings. The number of fused-ring (bicyclic) bond motifs is 2. The van der Waals surface area contributed by atoms with E-state index in [9.17, 15) is 5.11 Å². The van der Waals surface area contributed by atoms with E-state index in [1.807, 2.05) is 48.5 Å². The number of hydrogen-bond donors (Lipinski definition) is 1. The molecule has 1 spiro atoms. The van der Waals surface area contributed by atoms with Crippen LogP contribution in [0.4, 0.5) is 0 Å². The van der Waals surface area contributed by atoms with Gasteiger partial charge in [0.25, 0.3) is 5.79 Å². The number of benzene rings is 3. The lowest BCUT2D eigenvalue weighted by Crippen LogP contribution is -2.51. The highest BCUT2D eigenvalue weighted by Crippen LogP contribution is 2.44. The summed E-state index contributed by atoms with van der Waals surface area (Å²) >= 11 is 3.48. The minimum Gasteiger partial charge on any atom is -0.490 e. The van der Waals surface area contributed by atoms with Gasteiger partial charge in [-0.25, -0.2) is 0 Å². The van der Waals surface area contributed by atoms with Gasteiger partial charge in [0.15, 0.2) is 11.5 Å². The summed E-state index contributed by atoms with van der Waals surface area (Å²) in [7, 11) is 0. The summed E-state index contributed by atoms with van der Waals surface area (Å²) in [5, 5.41) is 12.7. The molecule has 1 unspecified atom stereocenters. The van der Waals surface area contributed by atoms with Crippen LogP contribution >= 0.6 is 15.9 Å². The molecular formula is C24H24BrNO4. The first-order chi connectivity index (χ1) is 14.6. The Kier molecular flexibility index (Phi) is 5.31. The number of aliphatic hydroxyl groups excluding tert-OH is 1. The molecule has 1 N–H and O–H groups in total. The van der Waals surface area contributed by atoms with Crippen molar-refractivity contribution in [2.45, 2.75) is 24.7 Å². The standard InChI is InChI=1S/C24H24BrNO4/c25-18-8-9-22-23(14-18)30-24(29-22)10-12-26(13-11-24)15-19(27)16-28-21-7-3-5-17-4-1-2-6-20(17)21/h1-9,14,19,27H,10-13,15-16H2. The largest absolute Gasteiger partial charge is 0.490 e. The van der Waals surface area contributed by atoms with Gasteiger partial charge in [0.1, 0.15) is 18.5 Å². The molecule has 0 aromatic heterocycles. The molecule has 5 nitrogen and oxygen atoms in total. The van der Waals surface area contributed by atoms with E-state index in [-0.39, 0.29) is 6.61 Å². The molecule has 1 fully saturated rings. The third kappa shape index (κ3) is 4.00. The lowest BCUT2D eigenvalue weighted by atomic mass is 10.0. The maximum absolute atomic E-state index is 10.5. The average Bonchev–Trinajstić information content (AvgIpc) is 3.11. The van der Waals surface area contributed by atoms with Crippen LogP contribution in [0.2, 0.25) is 0 Å². The van der Waals surface area contributed by atoms with E-state index in [0.29, 0.717) is 6.54 Å². The summed E-state index contributed by atoms with van der Waals surface area (Å²) in [6, 6.07) is 20.0. The Morgan fingerprint density at radius 1 is 1.00 bits per heavy atom. The Hall–Kier alpha value is -2.28. The minimum absolute atomic E-state index is 0.266. The molecule has 0 bridgehead atoms. The van der Waals surface area contributed by atoms with Crippen molar-refractivity contribution in [1.82, 2.24) is 4.90 Å². The topological polar surface area (TPSA) is 51.2 Å². The number of aliphatic hydroxyl groups is 1. The van der Waals surface area contributed by atoms with Crippen LogP contribution in [-0.2, 0) is 0 Å². The molecule has 30 heavy (non-hydrogen) atoms. The van der Waals surface area contributed by atoms with Crippen molar-refractivity contribution >= 4 is 26.7 Å². The van der Waals surface area contributed by atoms with Crippen LogP contribution in [0, 0.1) is 0 Å². The Bertz CT molecular complexity index is 1040. The predicted molar refractivity (Wildman–Crippen MR) is 119 cm³/mol. The highest BCUT2D eigenvalue weighted by atomic mass is 79.9. The molecular weight excluding hydrogens is 446 g/mol. The molecule has 2 aliphatic heterocycles. The van der Waals surface area contributed by atoms with Crippen LogP contribution in [0.5, 0.6) is 17.2 Å². The number of piperidine rings is 1. The number of nitrogens with zero attached hydrogens (tertiary/aromatic N) is 1. The van der Waals surface area contributed by atoms with Gasteiger partial charge in [0.2, 0.25) is 0 Å². The van der Waals surface area contributed by atoms with Gasteiger partial charge in [-0.2, -0.15) is 0 Å². The molecule has 5 rings (SSSR count). The molecule has 0 aliphatic carbocycles. The van der Waals surface area contributed by atoms with E-state index in [2.05, 4.69) is 33.0 Å². The van der Waals surface area contributed by atoms with Gasteiger partial charge in [-0.15, -0.1) is 0 Å². The summed E-state index contributed by atoms with van der Waals surface area (Å²) in [5.41, 5.74) is 0. The highest BCUT2D eigenvalue weighted by Gasteiger charge is 2.44. The van der Waals surface area contributed by atoms with Gasteiger partial charge >= 0.3 is 0 Å². The number of hydrogen-bond acceptors (Lipinski definition) is 5. The smallest absolute Gasteiger partial charge is 0.254 e. The molecule has 0 saturated carbocycles. The van der Waals surface area contributed by atoms with Crippen molar-refractivity contribution in [2.75, 3.05) is 26.2 Å². The highest BCUT2D eigenvalue weighted by molar-refractivity contribution is 9.10. The summed E-state index contributed by atoms with van der Waals surface area (Å²) in [4.78, 5) is 2.24. The minimum atomic E-state index is -0.579. The van der Waals surface area contributed by atoms with Gasteiger partial charge in [0, 0.05) is 42.3 Å².